The van der Waals surface area contributed by atoms with Gasteiger partial charge in [0.15, 0.2) is 0 Å². The summed E-state index contributed by atoms with van der Waals surface area (Å²) in [6, 6.07) is 9.72. The van der Waals surface area contributed by atoms with E-state index >= 15 is 0 Å². The van der Waals surface area contributed by atoms with E-state index in [0.29, 0.717) is 19.6 Å². The molecule has 0 radical (unpaired) electrons. The SMILES string of the molecule is COc1ccc2c(c1)OCC(C(=O)NCc1cnc3c(C)cccn13)C2. The van der Waals surface area contributed by atoms with Crippen LogP contribution in [0.3, 0.4) is 0 Å². The number of carbonyl (C=O) groups excluding carboxylic acids is 1. The standard InChI is InChI=1S/C20H21N3O3/c1-13-4-3-7-23-16(10-21-19(13)23)11-22-20(24)15-8-14-5-6-17(25-2)9-18(14)26-12-15/h3-7,9-10,15H,8,11-12H2,1-2H3,(H,22,24). The van der Waals surface area contributed by atoms with Crippen LogP contribution in [0, 0.1) is 12.8 Å². The first-order chi connectivity index (χ1) is 12.7. The van der Waals surface area contributed by atoms with E-state index in [4.69, 9.17) is 9.47 Å². The number of amides is 1. The lowest BCUT2D eigenvalue weighted by Crippen LogP contribution is -2.37. The number of pyridine rings is 1. The van der Waals surface area contributed by atoms with Gasteiger partial charge in [-0.3, -0.25) is 4.79 Å². The molecule has 1 aliphatic heterocycles. The molecule has 3 aromatic rings. The van der Waals surface area contributed by atoms with Crippen molar-refractivity contribution in [2.45, 2.75) is 19.9 Å². The van der Waals surface area contributed by atoms with Gasteiger partial charge < -0.3 is 19.2 Å². The predicted molar refractivity (Wildman–Crippen MR) is 97.5 cm³/mol. The molecule has 1 unspecified atom stereocenters. The predicted octanol–water partition coefficient (Wildman–Crippen LogP) is 2.52. The molecule has 1 N–H and O–H groups in total. The molecule has 0 spiro atoms. The smallest absolute Gasteiger partial charge is 0.227 e. The lowest BCUT2D eigenvalue weighted by Gasteiger charge is -2.25. The average molecular weight is 351 g/mol. The summed E-state index contributed by atoms with van der Waals surface area (Å²) in [5, 5.41) is 3.02. The van der Waals surface area contributed by atoms with Crippen LogP contribution < -0.4 is 14.8 Å². The zero-order valence-corrected chi connectivity index (χ0v) is 14.9. The molecule has 0 fully saturated rings. The number of nitrogens with zero attached hydrogens (tertiary/aromatic N) is 2. The molecular formula is C20H21N3O3. The van der Waals surface area contributed by atoms with Crippen LogP contribution in [0.5, 0.6) is 11.5 Å². The van der Waals surface area contributed by atoms with Crippen molar-refractivity contribution in [2.75, 3.05) is 13.7 Å². The maximum atomic E-state index is 12.6. The Hall–Kier alpha value is -3.02. The molecule has 6 heteroatoms. The molecule has 1 atom stereocenters. The van der Waals surface area contributed by atoms with Gasteiger partial charge in [0.05, 0.1) is 31.5 Å². The number of fused-ring (bicyclic) bond motifs is 2. The third-order valence-corrected chi connectivity index (χ3v) is 4.80. The summed E-state index contributed by atoms with van der Waals surface area (Å²) in [6.45, 7) is 2.84. The number of carbonyl (C=O) groups is 1. The van der Waals surface area contributed by atoms with Crippen molar-refractivity contribution in [2.24, 2.45) is 5.92 Å². The summed E-state index contributed by atoms with van der Waals surface area (Å²) >= 11 is 0. The second kappa shape index (κ2) is 6.71. The molecule has 3 heterocycles. The normalized spacial score (nSPS) is 16.0. The first kappa shape index (κ1) is 16.4. The van der Waals surface area contributed by atoms with E-state index in [1.807, 2.05) is 54.0 Å². The zero-order chi connectivity index (χ0) is 18.1. The Balaban J connectivity index is 1.43. The van der Waals surface area contributed by atoms with Gasteiger partial charge in [-0.2, -0.15) is 0 Å². The van der Waals surface area contributed by atoms with Crippen molar-refractivity contribution in [1.29, 1.82) is 0 Å². The minimum atomic E-state index is -0.197. The summed E-state index contributed by atoms with van der Waals surface area (Å²) in [4.78, 5) is 17.0. The van der Waals surface area contributed by atoms with Gasteiger partial charge in [-0.05, 0) is 36.6 Å². The quantitative estimate of drug-likeness (QED) is 0.784. The second-order valence-corrected chi connectivity index (χ2v) is 6.54. The summed E-state index contributed by atoms with van der Waals surface area (Å²) in [5.41, 5.74) is 4.01. The van der Waals surface area contributed by atoms with E-state index in [2.05, 4.69) is 10.3 Å². The molecule has 26 heavy (non-hydrogen) atoms. The molecule has 0 bridgehead atoms. The Morgan fingerprint density at radius 1 is 1.42 bits per heavy atom. The molecule has 0 aliphatic carbocycles. The van der Waals surface area contributed by atoms with Gasteiger partial charge in [-0.25, -0.2) is 4.98 Å². The van der Waals surface area contributed by atoms with Crippen LogP contribution in [0.1, 0.15) is 16.8 Å². The van der Waals surface area contributed by atoms with Crippen LogP contribution >= 0.6 is 0 Å². The van der Waals surface area contributed by atoms with Crippen molar-refractivity contribution in [3.63, 3.8) is 0 Å². The molecule has 0 saturated carbocycles. The Morgan fingerprint density at radius 2 is 2.31 bits per heavy atom. The van der Waals surface area contributed by atoms with Gasteiger partial charge in [-0.15, -0.1) is 0 Å². The van der Waals surface area contributed by atoms with Crippen molar-refractivity contribution in [3.8, 4) is 11.5 Å². The van der Waals surface area contributed by atoms with E-state index in [0.717, 1.165) is 34.0 Å². The van der Waals surface area contributed by atoms with Crippen LogP contribution in [0.15, 0.2) is 42.7 Å². The Morgan fingerprint density at radius 3 is 3.15 bits per heavy atom. The number of hydrogen-bond donors (Lipinski definition) is 1. The molecule has 6 nitrogen and oxygen atoms in total. The highest BCUT2D eigenvalue weighted by atomic mass is 16.5. The number of ether oxygens (including phenoxy) is 2. The van der Waals surface area contributed by atoms with E-state index in [-0.39, 0.29) is 11.8 Å². The van der Waals surface area contributed by atoms with Gasteiger partial charge >= 0.3 is 0 Å². The third kappa shape index (κ3) is 2.98. The molecule has 0 saturated heterocycles. The summed E-state index contributed by atoms with van der Waals surface area (Å²) < 4.78 is 13.0. The third-order valence-electron chi connectivity index (χ3n) is 4.80. The molecule has 1 aromatic carbocycles. The lowest BCUT2D eigenvalue weighted by molar-refractivity contribution is -0.126. The van der Waals surface area contributed by atoms with Crippen molar-refractivity contribution >= 4 is 11.6 Å². The first-order valence-electron chi connectivity index (χ1n) is 8.64. The van der Waals surface area contributed by atoms with Gasteiger partial charge in [-0.1, -0.05) is 12.1 Å². The minimum Gasteiger partial charge on any atom is -0.497 e. The highest BCUT2D eigenvalue weighted by Gasteiger charge is 2.26. The highest BCUT2D eigenvalue weighted by molar-refractivity contribution is 5.79. The van der Waals surface area contributed by atoms with Crippen molar-refractivity contribution in [3.05, 3.63) is 59.5 Å². The minimum absolute atomic E-state index is 0.00549. The summed E-state index contributed by atoms with van der Waals surface area (Å²) in [5.74, 6) is 1.35. The fraction of sp³-hybridized carbons (Fsp3) is 0.300. The number of rotatable bonds is 4. The van der Waals surface area contributed by atoms with Crippen LogP contribution in [0.4, 0.5) is 0 Å². The molecule has 1 amide bonds. The maximum absolute atomic E-state index is 12.6. The van der Waals surface area contributed by atoms with E-state index < -0.39 is 0 Å². The Kier molecular flexibility index (Phi) is 4.24. The van der Waals surface area contributed by atoms with Gasteiger partial charge in [0.25, 0.3) is 0 Å². The number of methoxy groups -OCH3 is 1. The molecule has 134 valence electrons. The second-order valence-electron chi connectivity index (χ2n) is 6.54. The number of nitrogens with one attached hydrogen (secondary N) is 1. The van der Waals surface area contributed by atoms with Gasteiger partial charge in [0.2, 0.25) is 5.91 Å². The lowest BCUT2D eigenvalue weighted by atomic mass is 9.96. The number of hydrogen-bond acceptors (Lipinski definition) is 4. The van der Waals surface area contributed by atoms with E-state index in [1.54, 1.807) is 7.11 Å². The molecule has 4 rings (SSSR count). The first-order valence-corrected chi connectivity index (χ1v) is 8.64. The fourth-order valence-electron chi connectivity index (χ4n) is 3.30. The number of aryl methyl sites for hydroxylation is 1. The monoisotopic (exact) mass is 351 g/mol. The summed E-state index contributed by atoms with van der Waals surface area (Å²) in [7, 11) is 1.63. The number of aromatic nitrogens is 2. The highest BCUT2D eigenvalue weighted by Crippen LogP contribution is 2.31. The van der Waals surface area contributed by atoms with E-state index in [1.165, 1.54) is 0 Å². The molecule has 2 aromatic heterocycles. The van der Waals surface area contributed by atoms with Crippen LogP contribution in [-0.4, -0.2) is 29.0 Å². The topological polar surface area (TPSA) is 64.9 Å². The van der Waals surface area contributed by atoms with Gasteiger partial charge in [0.1, 0.15) is 23.8 Å². The van der Waals surface area contributed by atoms with Crippen molar-refractivity contribution < 1.29 is 14.3 Å². The Labute approximate surface area is 151 Å². The zero-order valence-electron chi connectivity index (χ0n) is 14.9. The number of benzene rings is 1. The van der Waals surface area contributed by atoms with E-state index in [9.17, 15) is 4.79 Å². The van der Waals surface area contributed by atoms with Crippen LogP contribution in [0.2, 0.25) is 0 Å². The van der Waals surface area contributed by atoms with Crippen LogP contribution in [-0.2, 0) is 17.8 Å². The fourth-order valence-corrected chi connectivity index (χ4v) is 3.30. The van der Waals surface area contributed by atoms with Crippen LogP contribution in [0.25, 0.3) is 5.65 Å². The van der Waals surface area contributed by atoms with Crippen molar-refractivity contribution in [1.82, 2.24) is 14.7 Å². The Bertz CT molecular complexity index is 964. The average Bonchev–Trinajstić information content (AvgIpc) is 3.09. The molecule has 1 aliphatic rings. The summed E-state index contributed by atoms with van der Waals surface area (Å²) in [6.07, 6.45) is 4.43. The largest absolute Gasteiger partial charge is 0.497 e. The van der Waals surface area contributed by atoms with Gasteiger partial charge in [0, 0.05) is 12.3 Å². The number of imidazole rings is 1. The maximum Gasteiger partial charge on any atom is 0.227 e. The molecular weight excluding hydrogens is 330 g/mol.